The summed E-state index contributed by atoms with van der Waals surface area (Å²) in [4.78, 5) is 5.78. The molecule has 0 spiro atoms. The van der Waals surface area contributed by atoms with Crippen molar-refractivity contribution in [1.29, 1.82) is 0 Å². The molecule has 1 aromatic heterocycles. The number of fused-ring (bicyclic) bond motifs is 1. The number of sulfonamides is 1. The lowest BCUT2D eigenvalue weighted by Gasteiger charge is -2.08. The minimum atomic E-state index is -3.61. The number of nitrogens with two attached hydrogens (primary N) is 1. The zero-order valence-electron chi connectivity index (χ0n) is 11.7. The van der Waals surface area contributed by atoms with Crippen LogP contribution in [-0.4, -0.2) is 13.4 Å². The zero-order chi connectivity index (χ0) is 15.0. The minimum Gasteiger partial charge on any atom is -0.326 e. The average molecular weight is 323 g/mol. The van der Waals surface area contributed by atoms with Gasteiger partial charge in [-0.15, -0.1) is 11.3 Å². The van der Waals surface area contributed by atoms with Crippen LogP contribution in [0.15, 0.2) is 23.1 Å². The van der Waals surface area contributed by atoms with Crippen LogP contribution in [0.25, 0.3) is 0 Å². The van der Waals surface area contributed by atoms with Crippen LogP contribution in [0.5, 0.6) is 0 Å². The van der Waals surface area contributed by atoms with Crippen LogP contribution in [-0.2, 0) is 29.4 Å². The number of aryl methyl sites for hydroxylation is 3. The smallest absolute Gasteiger partial charge is 0.263 e. The van der Waals surface area contributed by atoms with Gasteiger partial charge in [0, 0.05) is 11.4 Å². The Labute approximate surface area is 128 Å². The molecule has 1 aromatic carbocycles. The fourth-order valence-corrected chi connectivity index (χ4v) is 4.78. The molecule has 1 aliphatic carbocycles. The number of hydrogen-bond acceptors (Lipinski definition) is 5. The van der Waals surface area contributed by atoms with Crippen molar-refractivity contribution in [2.45, 2.75) is 37.6 Å². The van der Waals surface area contributed by atoms with Gasteiger partial charge >= 0.3 is 0 Å². The lowest BCUT2D eigenvalue weighted by molar-refractivity contribution is 0.601. The van der Waals surface area contributed by atoms with E-state index in [0.717, 1.165) is 36.1 Å². The third-order valence-corrected chi connectivity index (χ3v) is 6.21. The molecule has 112 valence electrons. The third kappa shape index (κ3) is 2.81. The van der Waals surface area contributed by atoms with Gasteiger partial charge in [-0.1, -0.05) is 6.07 Å². The lowest BCUT2D eigenvalue weighted by atomic mass is 10.1. The highest BCUT2D eigenvalue weighted by Crippen LogP contribution is 2.31. The summed E-state index contributed by atoms with van der Waals surface area (Å²) >= 11 is 1.43. The van der Waals surface area contributed by atoms with E-state index in [-0.39, 0.29) is 4.90 Å². The summed E-state index contributed by atoms with van der Waals surface area (Å²) in [5, 5.41) is 0.453. The van der Waals surface area contributed by atoms with Gasteiger partial charge in [-0.05, 0) is 49.4 Å². The molecule has 0 aliphatic heterocycles. The van der Waals surface area contributed by atoms with Gasteiger partial charge in [0.15, 0.2) is 5.13 Å². The van der Waals surface area contributed by atoms with E-state index < -0.39 is 10.0 Å². The van der Waals surface area contributed by atoms with Gasteiger partial charge in [-0.3, -0.25) is 4.72 Å². The number of anilines is 1. The van der Waals surface area contributed by atoms with Gasteiger partial charge < -0.3 is 5.73 Å². The number of aromatic nitrogens is 1. The molecule has 0 atom stereocenters. The highest BCUT2D eigenvalue weighted by molar-refractivity contribution is 7.93. The summed E-state index contributed by atoms with van der Waals surface area (Å²) in [6.45, 7) is 2.23. The van der Waals surface area contributed by atoms with Gasteiger partial charge in [0.2, 0.25) is 0 Å². The fraction of sp³-hybridized carbons (Fsp3) is 0.357. The van der Waals surface area contributed by atoms with Crippen LogP contribution in [0.2, 0.25) is 0 Å². The number of rotatable bonds is 4. The van der Waals surface area contributed by atoms with Crippen molar-refractivity contribution in [2.75, 3.05) is 4.72 Å². The van der Waals surface area contributed by atoms with Crippen LogP contribution >= 0.6 is 11.3 Å². The maximum absolute atomic E-state index is 12.4. The summed E-state index contributed by atoms with van der Waals surface area (Å²) in [5.41, 5.74) is 8.49. The van der Waals surface area contributed by atoms with Crippen LogP contribution in [0.3, 0.4) is 0 Å². The molecule has 1 aliphatic rings. The Bertz CT molecular complexity index is 760. The van der Waals surface area contributed by atoms with Gasteiger partial charge in [-0.2, -0.15) is 0 Å². The Hall–Kier alpha value is -1.44. The maximum Gasteiger partial charge on any atom is 0.263 e. The second kappa shape index (κ2) is 5.40. The van der Waals surface area contributed by atoms with Crippen molar-refractivity contribution in [3.05, 3.63) is 39.9 Å². The summed E-state index contributed by atoms with van der Waals surface area (Å²) in [7, 11) is -3.61. The Balaban J connectivity index is 1.89. The topological polar surface area (TPSA) is 85.1 Å². The molecule has 5 nitrogen and oxygen atoms in total. The van der Waals surface area contributed by atoms with Crippen molar-refractivity contribution in [1.82, 2.24) is 4.98 Å². The van der Waals surface area contributed by atoms with Crippen molar-refractivity contribution in [3.63, 3.8) is 0 Å². The van der Waals surface area contributed by atoms with Gasteiger partial charge in [0.05, 0.1) is 10.6 Å². The highest BCUT2D eigenvalue weighted by atomic mass is 32.2. The Morgan fingerprint density at radius 3 is 2.90 bits per heavy atom. The summed E-state index contributed by atoms with van der Waals surface area (Å²) in [5.74, 6) is 0. The largest absolute Gasteiger partial charge is 0.326 e. The Morgan fingerprint density at radius 2 is 2.19 bits per heavy atom. The molecule has 7 heteroatoms. The monoisotopic (exact) mass is 323 g/mol. The molecule has 21 heavy (non-hydrogen) atoms. The molecular weight excluding hydrogens is 306 g/mol. The molecule has 0 radical (unpaired) electrons. The molecule has 1 heterocycles. The predicted molar refractivity (Wildman–Crippen MR) is 84.0 cm³/mol. The van der Waals surface area contributed by atoms with Crippen molar-refractivity contribution in [2.24, 2.45) is 5.73 Å². The summed E-state index contributed by atoms with van der Waals surface area (Å²) in [6.07, 6.45) is 3.05. The molecule has 0 fully saturated rings. The molecule has 3 rings (SSSR count). The van der Waals surface area contributed by atoms with Crippen molar-refractivity contribution < 1.29 is 8.42 Å². The fourth-order valence-electron chi connectivity index (χ4n) is 2.44. The number of benzene rings is 1. The second-order valence-corrected chi connectivity index (χ2v) is 7.91. The molecule has 0 amide bonds. The summed E-state index contributed by atoms with van der Waals surface area (Å²) < 4.78 is 27.4. The molecule has 0 unspecified atom stereocenters. The normalized spacial score (nSPS) is 14.2. The molecule has 0 bridgehead atoms. The average Bonchev–Trinajstić information content (AvgIpc) is 2.99. The number of thiazole rings is 1. The molecule has 0 saturated heterocycles. The number of nitrogens with zero attached hydrogens (tertiary/aromatic N) is 1. The van der Waals surface area contributed by atoms with E-state index in [0.29, 0.717) is 11.7 Å². The van der Waals surface area contributed by atoms with Gasteiger partial charge in [-0.25, -0.2) is 13.4 Å². The zero-order valence-corrected chi connectivity index (χ0v) is 13.4. The highest BCUT2D eigenvalue weighted by Gasteiger charge is 2.21. The molecule has 2 aromatic rings. The van der Waals surface area contributed by atoms with Crippen LogP contribution in [0.1, 0.15) is 28.1 Å². The first-order valence-corrected chi connectivity index (χ1v) is 9.10. The van der Waals surface area contributed by atoms with E-state index in [4.69, 9.17) is 5.73 Å². The first kappa shape index (κ1) is 14.5. The van der Waals surface area contributed by atoms with E-state index in [1.807, 2.05) is 6.92 Å². The maximum atomic E-state index is 12.4. The van der Waals surface area contributed by atoms with Crippen molar-refractivity contribution >= 4 is 26.5 Å². The van der Waals surface area contributed by atoms with Crippen LogP contribution in [0.4, 0.5) is 5.13 Å². The standard InChI is InChI=1S/C14H17N3O2S2/c1-9-5-6-11(7-10(9)8-15)21(18,19)17-14-16-12-3-2-4-13(12)20-14/h5-7H,2-4,8,15H2,1H3,(H,16,17). The van der Waals surface area contributed by atoms with E-state index in [2.05, 4.69) is 9.71 Å². The first-order chi connectivity index (χ1) is 9.99. The SMILES string of the molecule is Cc1ccc(S(=O)(=O)Nc2nc3c(s2)CCC3)cc1CN. The Morgan fingerprint density at radius 1 is 1.38 bits per heavy atom. The second-order valence-electron chi connectivity index (χ2n) is 5.14. The Kier molecular flexibility index (Phi) is 3.73. The van der Waals surface area contributed by atoms with Crippen LogP contribution in [0, 0.1) is 6.92 Å². The molecule has 3 N–H and O–H groups in total. The molecule has 0 saturated carbocycles. The number of hydrogen-bond donors (Lipinski definition) is 2. The van der Waals surface area contributed by atoms with Crippen LogP contribution < -0.4 is 10.5 Å². The lowest BCUT2D eigenvalue weighted by Crippen LogP contribution is -2.14. The van der Waals surface area contributed by atoms with Gasteiger partial charge in [0.1, 0.15) is 0 Å². The first-order valence-electron chi connectivity index (χ1n) is 6.80. The van der Waals surface area contributed by atoms with Crippen molar-refractivity contribution in [3.8, 4) is 0 Å². The quantitative estimate of drug-likeness (QED) is 0.903. The van der Waals surface area contributed by atoms with E-state index in [1.54, 1.807) is 18.2 Å². The van der Waals surface area contributed by atoms with E-state index >= 15 is 0 Å². The number of nitrogens with one attached hydrogen (secondary N) is 1. The van der Waals surface area contributed by atoms with Gasteiger partial charge in [0.25, 0.3) is 10.0 Å². The predicted octanol–water partition coefficient (Wildman–Crippen LogP) is 2.20. The third-order valence-electron chi connectivity index (χ3n) is 3.67. The summed E-state index contributed by atoms with van der Waals surface area (Å²) in [6, 6.07) is 5.00. The van der Waals surface area contributed by atoms with E-state index in [1.165, 1.54) is 16.2 Å². The molecular formula is C14H17N3O2S2. The minimum absolute atomic E-state index is 0.226. The van der Waals surface area contributed by atoms with E-state index in [9.17, 15) is 8.42 Å².